The Labute approximate surface area is 129 Å². The third-order valence-corrected chi connectivity index (χ3v) is 3.80. The van der Waals surface area contributed by atoms with E-state index in [-0.39, 0.29) is 18.2 Å². The van der Waals surface area contributed by atoms with Crippen LogP contribution in [0.25, 0.3) is 0 Å². The normalized spacial score (nSPS) is 10.8. The Balaban J connectivity index is 0.00000200. The van der Waals surface area contributed by atoms with E-state index < -0.39 is 0 Å². The van der Waals surface area contributed by atoms with Gasteiger partial charge in [0.25, 0.3) is 0 Å². The van der Waals surface area contributed by atoms with Crippen molar-refractivity contribution in [2.75, 3.05) is 5.73 Å². The molecule has 0 fully saturated rings. The fraction of sp³-hybridized carbons (Fsp3) is 0.357. The second-order valence-corrected chi connectivity index (χ2v) is 5.90. The van der Waals surface area contributed by atoms with Gasteiger partial charge in [-0.1, -0.05) is 18.2 Å². The first kappa shape index (κ1) is 16.9. The summed E-state index contributed by atoms with van der Waals surface area (Å²) in [7, 11) is 0. The molecule has 20 heavy (non-hydrogen) atoms. The molecule has 2 rings (SSSR count). The van der Waals surface area contributed by atoms with Crippen LogP contribution in [0, 0.1) is 5.82 Å². The van der Waals surface area contributed by atoms with Crippen LogP contribution in [-0.4, -0.2) is 15.9 Å². The van der Waals surface area contributed by atoms with Gasteiger partial charge in [-0.15, -0.1) is 23.7 Å². The number of nitrogens with two attached hydrogens (primary N) is 1. The zero-order valence-corrected chi connectivity index (χ0v) is 13.2. The van der Waals surface area contributed by atoms with Gasteiger partial charge < -0.3 is 5.73 Å². The van der Waals surface area contributed by atoms with Crippen LogP contribution in [-0.2, 0) is 13.1 Å². The zero-order chi connectivity index (χ0) is 13.8. The number of thiazole rings is 1. The summed E-state index contributed by atoms with van der Waals surface area (Å²) in [5.41, 5.74) is 6.35. The van der Waals surface area contributed by atoms with Crippen LogP contribution in [0.2, 0.25) is 0 Å². The molecule has 0 amide bonds. The predicted molar refractivity (Wildman–Crippen MR) is 84.6 cm³/mol. The molecule has 0 radical (unpaired) electrons. The van der Waals surface area contributed by atoms with E-state index in [4.69, 9.17) is 5.73 Å². The molecule has 3 nitrogen and oxygen atoms in total. The minimum atomic E-state index is -0.156. The van der Waals surface area contributed by atoms with Gasteiger partial charge in [0.15, 0.2) is 5.13 Å². The highest BCUT2D eigenvalue weighted by Gasteiger charge is 2.14. The lowest BCUT2D eigenvalue weighted by Gasteiger charge is -2.26. The Kier molecular flexibility index (Phi) is 6.39. The molecular formula is C14H19ClFN3S. The van der Waals surface area contributed by atoms with E-state index in [0.717, 1.165) is 11.4 Å². The van der Waals surface area contributed by atoms with Crippen molar-refractivity contribution in [3.63, 3.8) is 0 Å². The summed E-state index contributed by atoms with van der Waals surface area (Å²) in [4.78, 5) is 7.35. The summed E-state index contributed by atoms with van der Waals surface area (Å²) in [6, 6.07) is 7.22. The Morgan fingerprint density at radius 2 is 2.00 bits per heavy atom. The second-order valence-electron chi connectivity index (χ2n) is 4.75. The third kappa shape index (κ3) is 4.44. The molecule has 0 unspecified atom stereocenters. The van der Waals surface area contributed by atoms with Gasteiger partial charge in [-0.2, -0.15) is 0 Å². The molecule has 0 spiro atoms. The number of rotatable bonds is 5. The maximum atomic E-state index is 13.7. The van der Waals surface area contributed by atoms with Gasteiger partial charge in [0.05, 0.1) is 0 Å². The minimum Gasteiger partial charge on any atom is -0.375 e. The van der Waals surface area contributed by atoms with Crippen molar-refractivity contribution in [2.45, 2.75) is 33.0 Å². The largest absolute Gasteiger partial charge is 0.375 e. The first-order valence-corrected chi connectivity index (χ1v) is 7.05. The Bertz CT molecular complexity index is 545. The second kappa shape index (κ2) is 7.57. The quantitative estimate of drug-likeness (QED) is 0.915. The van der Waals surface area contributed by atoms with Gasteiger partial charge >= 0.3 is 0 Å². The van der Waals surface area contributed by atoms with Crippen molar-refractivity contribution in [1.82, 2.24) is 9.88 Å². The van der Waals surface area contributed by atoms with Gasteiger partial charge in [0, 0.05) is 35.8 Å². The number of benzene rings is 1. The number of halogens is 2. The van der Waals surface area contributed by atoms with Gasteiger partial charge in [0.1, 0.15) is 5.82 Å². The monoisotopic (exact) mass is 315 g/mol. The average molecular weight is 316 g/mol. The topological polar surface area (TPSA) is 42.2 Å². The lowest BCUT2D eigenvalue weighted by Crippen LogP contribution is -2.29. The van der Waals surface area contributed by atoms with E-state index >= 15 is 0 Å². The summed E-state index contributed by atoms with van der Waals surface area (Å²) in [6.45, 7) is 5.53. The van der Waals surface area contributed by atoms with E-state index in [0.29, 0.717) is 23.3 Å². The van der Waals surface area contributed by atoms with E-state index in [1.54, 1.807) is 12.3 Å². The summed E-state index contributed by atoms with van der Waals surface area (Å²) < 4.78 is 13.7. The Morgan fingerprint density at radius 3 is 2.55 bits per heavy atom. The van der Waals surface area contributed by atoms with Crippen molar-refractivity contribution in [1.29, 1.82) is 0 Å². The van der Waals surface area contributed by atoms with Crippen molar-refractivity contribution < 1.29 is 4.39 Å². The SMILES string of the molecule is CC(C)N(Cc1cnc(N)s1)Cc1ccccc1F.Cl. The van der Waals surface area contributed by atoms with E-state index in [1.165, 1.54) is 17.4 Å². The summed E-state index contributed by atoms with van der Waals surface area (Å²) in [6.07, 6.45) is 1.79. The molecule has 1 aromatic heterocycles. The fourth-order valence-corrected chi connectivity index (χ4v) is 2.57. The molecule has 6 heteroatoms. The number of nitrogen functional groups attached to an aromatic ring is 1. The van der Waals surface area contributed by atoms with Crippen molar-refractivity contribution in [2.24, 2.45) is 0 Å². The number of nitrogens with zero attached hydrogens (tertiary/aromatic N) is 2. The number of hydrogen-bond acceptors (Lipinski definition) is 4. The zero-order valence-electron chi connectivity index (χ0n) is 11.5. The van der Waals surface area contributed by atoms with E-state index in [1.807, 2.05) is 12.1 Å². The lowest BCUT2D eigenvalue weighted by molar-refractivity contribution is 0.203. The molecule has 1 aromatic carbocycles. The molecule has 0 bridgehead atoms. The highest BCUT2D eigenvalue weighted by Crippen LogP contribution is 2.20. The highest BCUT2D eigenvalue weighted by molar-refractivity contribution is 7.15. The lowest BCUT2D eigenvalue weighted by atomic mass is 10.1. The standard InChI is InChI=1S/C14H18FN3S.ClH/c1-10(2)18(9-12-7-17-14(16)19-12)8-11-5-3-4-6-13(11)15;/h3-7,10H,8-9H2,1-2H3,(H2,16,17);1H. The third-order valence-electron chi connectivity index (χ3n) is 2.99. The summed E-state index contributed by atoms with van der Waals surface area (Å²) in [5, 5.41) is 0.574. The molecule has 2 N–H and O–H groups in total. The van der Waals surface area contributed by atoms with Gasteiger partial charge in [0.2, 0.25) is 0 Å². The predicted octanol–water partition coefficient (Wildman–Crippen LogP) is 3.70. The molecule has 110 valence electrons. The van der Waals surface area contributed by atoms with E-state index in [9.17, 15) is 4.39 Å². The van der Waals surface area contributed by atoms with Crippen LogP contribution in [0.4, 0.5) is 9.52 Å². The summed E-state index contributed by atoms with van der Waals surface area (Å²) in [5.74, 6) is -0.156. The maximum Gasteiger partial charge on any atom is 0.180 e. The van der Waals surface area contributed by atoms with Crippen molar-refractivity contribution >= 4 is 28.9 Å². The van der Waals surface area contributed by atoms with Gasteiger partial charge in [-0.25, -0.2) is 9.37 Å². The molecule has 0 aliphatic carbocycles. The molecule has 0 aliphatic heterocycles. The van der Waals surface area contributed by atoms with Crippen LogP contribution in [0.5, 0.6) is 0 Å². The van der Waals surface area contributed by atoms with Crippen LogP contribution in [0.1, 0.15) is 24.3 Å². The van der Waals surface area contributed by atoms with Crippen LogP contribution in [0.3, 0.4) is 0 Å². The van der Waals surface area contributed by atoms with Gasteiger partial charge in [-0.05, 0) is 19.9 Å². The van der Waals surface area contributed by atoms with Crippen molar-refractivity contribution in [3.05, 3.63) is 46.7 Å². The minimum absolute atomic E-state index is 0. The number of anilines is 1. The molecule has 2 aromatic rings. The molecule has 1 heterocycles. The maximum absolute atomic E-state index is 13.7. The molecule has 0 atom stereocenters. The van der Waals surface area contributed by atoms with Gasteiger partial charge in [-0.3, -0.25) is 4.90 Å². The molecule has 0 aliphatic rings. The fourth-order valence-electron chi connectivity index (χ4n) is 1.86. The first-order valence-electron chi connectivity index (χ1n) is 6.24. The van der Waals surface area contributed by atoms with Crippen LogP contribution < -0.4 is 5.73 Å². The summed E-state index contributed by atoms with van der Waals surface area (Å²) >= 11 is 1.48. The van der Waals surface area contributed by atoms with E-state index in [2.05, 4.69) is 23.7 Å². The molecule has 0 saturated carbocycles. The molecular weight excluding hydrogens is 297 g/mol. The Morgan fingerprint density at radius 1 is 1.30 bits per heavy atom. The number of hydrogen-bond donors (Lipinski definition) is 1. The highest BCUT2D eigenvalue weighted by atomic mass is 35.5. The van der Waals surface area contributed by atoms with Crippen LogP contribution in [0.15, 0.2) is 30.5 Å². The van der Waals surface area contributed by atoms with Crippen LogP contribution >= 0.6 is 23.7 Å². The van der Waals surface area contributed by atoms with Crippen molar-refractivity contribution in [3.8, 4) is 0 Å². The first-order chi connectivity index (χ1) is 9.06. The average Bonchev–Trinajstić information content (AvgIpc) is 2.76. The Hall–Kier alpha value is -1.17. The molecule has 0 saturated heterocycles. The number of aromatic nitrogens is 1. The smallest absolute Gasteiger partial charge is 0.180 e.